The number of rotatable bonds is 2. The van der Waals surface area contributed by atoms with Gasteiger partial charge in [-0.1, -0.05) is 42.5 Å². The van der Waals surface area contributed by atoms with Crippen LogP contribution in [-0.2, 0) is 0 Å². The summed E-state index contributed by atoms with van der Waals surface area (Å²) in [5.74, 6) is -0.530. The first-order chi connectivity index (χ1) is 9.65. The average molecular weight is 264 g/mol. The molecular weight excluding hydrogens is 251 g/mol. The van der Waals surface area contributed by atoms with E-state index in [1.807, 2.05) is 36.4 Å². The molecule has 0 fully saturated rings. The van der Waals surface area contributed by atoms with Gasteiger partial charge in [-0.3, -0.25) is 4.79 Å². The molecule has 0 saturated carbocycles. The number of carbonyl (C=O) groups is 1. The van der Waals surface area contributed by atoms with Crippen LogP contribution < -0.4 is 0 Å². The van der Waals surface area contributed by atoms with Crippen molar-refractivity contribution < 1.29 is 9.18 Å². The van der Waals surface area contributed by atoms with E-state index in [0.717, 1.165) is 16.3 Å². The molecule has 0 aromatic heterocycles. The van der Waals surface area contributed by atoms with E-state index in [-0.39, 0.29) is 11.6 Å². The van der Waals surface area contributed by atoms with Gasteiger partial charge in [0.2, 0.25) is 0 Å². The van der Waals surface area contributed by atoms with Crippen molar-refractivity contribution >= 4 is 16.6 Å². The minimum Gasteiger partial charge on any atom is -0.289 e. The second-order valence-electron chi connectivity index (χ2n) is 4.87. The number of ketones is 1. The Morgan fingerprint density at radius 2 is 1.70 bits per heavy atom. The molecule has 0 bridgehead atoms. The van der Waals surface area contributed by atoms with Crippen molar-refractivity contribution in [3.63, 3.8) is 0 Å². The molecular formula is C18H13FO. The second-order valence-corrected chi connectivity index (χ2v) is 4.87. The zero-order chi connectivity index (χ0) is 14.1. The van der Waals surface area contributed by atoms with Crippen molar-refractivity contribution in [2.75, 3.05) is 0 Å². The molecule has 3 aromatic carbocycles. The summed E-state index contributed by atoms with van der Waals surface area (Å²) in [6.45, 7) is 1.78. The molecule has 0 saturated heterocycles. The molecule has 0 spiro atoms. The average Bonchev–Trinajstić information content (AvgIpc) is 2.45. The minimum atomic E-state index is -0.381. The topological polar surface area (TPSA) is 17.1 Å². The number of carbonyl (C=O) groups excluding carboxylic acids is 1. The highest BCUT2D eigenvalue weighted by molar-refractivity contribution is 6.16. The van der Waals surface area contributed by atoms with E-state index in [4.69, 9.17) is 0 Å². The number of fused-ring (bicyclic) bond motifs is 1. The number of hydrogen-bond donors (Lipinski definition) is 0. The van der Waals surface area contributed by atoms with E-state index in [9.17, 15) is 9.18 Å². The molecule has 0 unspecified atom stereocenters. The van der Waals surface area contributed by atoms with Gasteiger partial charge in [-0.05, 0) is 41.5 Å². The number of halogens is 1. The zero-order valence-corrected chi connectivity index (χ0v) is 11.1. The summed E-state index contributed by atoms with van der Waals surface area (Å²) in [5, 5.41) is 1.90. The fourth-order valence-corrected chi connectivity index (χ4v) is 2.45. The lowest BCUT2D eigenvalue weighted by atomic mass is 9.96. The molecule has 3 rings (SSSR count). The summed E-state index contributed by atoms with van der Waals surface area (Å²) in [4.78, 5) is 12.6. The van der Waals surface area contributed by atoms with Gasteiger partial charge >= 0.3 is 0 Å². The molecule has 20 heavy (non-hydrogen) atoms. The van der Waals surface area contributed by atoms with Crippen molar-refractivity contribution in [2.24, 2.45) is 0 Å². The highest BCUT2D eigenvalue weighted by Crippen LogP contribution is 2.22. The van der Waals surface area contributed by atoms with Crippen molar-refractivity contribution in [1.82, 2.24) is 0 Å². The van der Waals surface area contributed by atoms with E-state index in [1.165, 1.54) is 12.1 Å². The Morgan fingerprint density at radius 1 is 0.950 bits per heavy atom. The van der Waals surface area contributed by atoms with E-state index >= 15 is 0 Å². The fraction of sp³-hybridized carbons (Fsp3) is 0.0556. The first-order valence-corrected chi connectivity index (χ1v) is 6.45. The Labute approximate surface area is 116 Å². The van der Waals surface area contributed by atoms with Gasteiger partial charge in [0.1, 0.15) is 5.82 Å². The molecule has 0 aliphatic rings. The van der Waals surface area contributed by atoms with Crippen molar-refractivity contribution in [3.05, 3.63) is 83.2 Å². The maximum atomic E-state index is 13.5. The summed E-state index contributed by atoms with van der Waals surface area (Å²) in [5.41, 5.74) is 1.74. The smallest absolute Gasteiger partial charge is 0.193 e. The first kappa shape index (κ1) is 12.5. The highest BCUT2D eigenvalue weighted by atomic mass is 19.1. The molecule has 1 nitrogen and oxygen atoms in total. The van der Waals surface area contributed by atoms with Crippen LogP contribution in [0.15, 0.2) is 60.7 Å². The summed E-state index contributed by atoms with van der Waals surface area (Å²) in [6.07, 6.45) is 0. The van der Waals surface area contributed by atoms with E-state index in [2.05, 4.69) is 0 Å². The number of hydrogen-bond acceptors (Lipinski definition) is 1. The van der Waals surface area contributed by atoms with Gasteiger partial charge < -0.3 is 0 Å². The molecule has 0 radical (unpaired) electrons. The predicted molar refractivity (Wildman–Crippen MR) is 78.5 cm³/mol. The van der Waals surface area contributed by atoms with Crippen LogP contribution in [0.3, 0.4) is 0 Å². The van der Waals surface area contributed by atoms with Gasteiger partial charge in [0.15, 0.2) is 5.78 Å². The Hall–Kier alpha value is -2.48. The zero-order valence-electron chi connectivity index (χ0n) is 11.1. The molecule has 98 valence electrons. The van der Waals surface area contributed by atoms with Gasteiger partial charge in [-0.25, -0.2) is 4.39 Å². The summed E-state index contributed by atoms with van der Waals surface area (Å²) in [6, 6.07) is 17.7. The van der Waals surface area contributed by atoms with Crippen molar-refractivity contribution in [3.8, 4) is 0 Å². The Bertz CT molecular complexity index is 780. The summed E-state index contributed by atoms with van der Waals surface area (Å²) < 4.78 is 13.5. The summed E-state index contributed by atoms with van der Waals surface area (Å²) >= 11 is 0. The molecule has 0 amide bonds. The van der Waals surface area contributed by atoms with Crippen molar-refractivity contribution in [2.45, 2.75) is 6.92 Å². The van der Waals surface area contributed by atoms with Crippen LogP contribution in [0.1, 0.15) is 21.5 Å². The molecule has 3 aromatic rings. The van der Waals surface area contributed by atoms with E-state index in [1.54, 1.807) is 19.1 Å². The van der Waals surface area contributed by atoms with Gasteiger partial charge in [-0.15, -0.1) is 0 Å². The van der Waals surface area contributed by atoms with E-state index in [0.29, 0.717) is 11.1 Å². The quantitative estimate of drug-likeness (QED) is 0.622. The SMILES string of the molecule is Cc1cc(F)cc(C(=O)c2cccc3ccccc23)c1. The van der Waals surface area contributed by atoms with Gasteiger partial charge in [0, 0.05) is 11.1 Å². The van der Waals surface area contributed by atoms with Gasteiger partial charge in [-0.2, -0.15) is 0 Å². The van der Waals surface area contributed by atoms with Crippen LogP contribution >= 0.6 is 0 Å². The lowest BCUT2D eigenvalue weighted by Gasteiger charge is -2.07. The van der Waals surface area contributed by atoms with Gasteiger partial charge in [0.25, 0.3) is 0 Å². The maximum absolute atomic E-state index is 13.5. The van der Waals surface area contributed by atoms with Crippen LogP contribution in [-0.4, -0.2) is 5.78 Å². The lowest BCUT2D eigenvalue weighted by Crippen LogP contribution is -2.03. The standard InChI is InChI=1S/C18H13FO/c1-12-9-14(11-15(19)10-12)18(20)17-8-4-6-13-5-2-3-7-16(13)17/h2-11H,1H3. The second kappa shape index (κ2) is 4.89. The minimum absolute atomic E-state index is 0.149. The monoisotopic (exact) mass is 264 g/mol. The van der Waals surface area contributed by atoms with Gasteiger partial charge in [0.05, 0.1) is 0 Å². The van der Waals surface area contributed by atoms with Crippen LogP contribution in [0.25, 0.3) is 10.8 Å². The normalized spacial score (nSPS) is 10.7. The van der Waals surface area contributed by atoms with Crippen LogP contribution in [0.4, 0.5) is 4.39 Å². The maximum Gasteiger partial charge on any atom is 0.193 e. The lowest BCUT2D eigenvalue weighted by molar-refractivity contribution is 0.104. The van der Waals surface area contributed by atoms with E-state index < -0.39 is 0 Å². The third-order valence-electron chi connectivity index (χ3n) is 3.34. The number of aryl methyl sites for hydroxylation is 1. The third kappa shape index (κ3) is 2.21. The van der Waals surface area contributed by atoms with Crippen LogP contribution in [0.5, 0.6) is 0 Å². The number of benzene rings is 3. The summed E-state index contributed by atoms with van der Waals surface area (Å²) in [7, 11) is 0. The predicted octanol–water partition coefficient (Wildman–Crippen LogP) is 4.52. The molecule has 0 N–H and O–H groups in total. The van der Waals surface area contributed by atoms with Crippen LogP contribution in [0.2, 0.25) is 0 Å². The Morgan fingerprint density at radius 3 is 2.50 bits per heavy atom. The molecule has 0 aliphatic heterocycles. The molecule has 2 heteroatoms. The molecule has 0 atom stereocenters. The largest absolute Gasteiger partial charge is 0.289 e. The molecule has 0 heterocycles. The highest BCUT2D eigenvalue weighted by Gasteiger charge is 2.13. The molecule has 0 aliphatic carbocycles. The third-order valence-corrected chi connectivity index (χ3v) is 3.34. The Balaban J connectivity index is 2.17. The first-order valence-electron chi connectivity index (χ1n) is 6.45. The van der Waals surface area contributed by atoms with Crippen LogP contribution in [0, 0.1) is 12.7 Å². The fourth-order valence-electron chi connectivity index (χ4n) is 2.45. The van der Waals surface area contributed by atoms with Crippen molar-refractivity contribution in [1.29, 1.82) is 0 Å². The Kier molecular flexibility index (Phi) is 3.07.